The van der Waals surface area contributed by atoms with Crippen molar-refractivity contribution in [1.29, 1.82) is 0 Å². The van der Waals surface area contributed by atoms with E-state index in [0.29, 0.717) is 12.3 Å². The van der Waals surface area contributed by atoms with Crippen LogP contribution < -0.4 is 10.6 Å². The number of fused-ring (bicyclic) bond motifs is 1. The van der Waals surface area contributed by atoms with Crippen molar-refractivity contribution in [1.82, 2.24) is 0 Å². The zero-order valence-electron chi connectivity index (χ0n) is 9.90. The van der Waals surface area contributed by atoms with Crippen LogP contribution in [0.3, 0.4) is 0 Å². The second-order valence-corrected chi connectivity index (χ2v) is 5.91. The summed E-state index contributed by atoms with van der Waals surface area (Å²) in [5.74, 6) is 1.38. The Morgan fingerprint density at radius 2 is 2.26 bits per heavy atom. The fourth-order valence-corrected chi connectivity index (χ4v) is 2.96. The average Bonchev–Trinajstić information content (AvgIpc) is 2.81. The SMILES string of the molecule is O=C1CSc2ccc(NCc3ccc(Br)o3)cc2N1. The number of hydrogen-bond acceptors (Lipinski definition) is 4. The molecule has 2 heterocycles. The quantitative estimate of drug-likeness (QED) is 0.895. The van der Waals surface area contributed by atoms with Crippen LogP contribution >= 0.6 is 27.7 Å². The molecule has 0 saturated carbocycles. The van der Waals surface area contributed by atoms with Crippen molar-refractivity contribution in [3.63, 3.8) is 0 Å². The molecule has 1 aliphatic heterocycles. The molecule has 0 fully saturated rings. The smallest absolute Gasteiger partial charge is 0.234 e. The van der Waals surface area contributed by atoms with Crippen LogP contribution in [0.5, 0.6) is 0 Å². The lowest BCUT2D eigenvalue weighted by Crippen LogP contribution is -2.18. The molecule has 1 aliphatic rings. The Labute approximate surface area is 123 Å². The Kier molecular flexibility index (Phi) is 3.52. The van der Waals surface area contributed by atoms with E-state index in [1.165, 1.54) is 0 Å². The highest BCUT2D eigenvalue weighted by Crippen LogP contribution is 2.33. The molecule has 4 nitrogen and oxygen atoms in total. The van der Waals surface area contributed by atoms with Gasteiger partial charge in [-0.2, -0.15) is 0 Å². The number of nitrogens with one attached hydrogen (secondary N) is 2. The van der Waals surface area contributed by atoms with E-state index in [1.807, 2.05) is 30.3 Å². The maximum absolute atomic E-state index is 11.3. The molecule has 0 unspecified atom stereocenters. The number of hydrogen-bond donors (Lipinski definition) is 2. The van der Waals surface area contributed by atoms with Crippen LogP contribution in [0, 0.1) is 0 Å². The van der Waals surface area contributed by atoms with Gasteiger partial charge in [0, 0.05) is 10.6 Å². The van der Waals surface area contributed by atoms with E-state index >= 15 is 0 Å². The largest absolute Gasteiger partial charge is 0.452 e. The molecular formula is C13H11BrN2O2S. The van der Waals surface area contributed by atoms with E-state index in [0.717, 1.165) is 26.7 Å². The third kappa shape index (κ3) is 2.96. The van der Waals surface area contributed by atoms with Crippen molar-refractivity contribution < 1.29 is 9.21 Å². The third-order valence-electron chi connectivity index (χ3n) is 2.71. The first kappa shape index (κ1) is 12.6. The van der Waals surface area contributed by atoms with Crippen molar-refractivity contribution in [2.24, 2.45) is 0 Å². The van der Waals surface area contributed by atoms with Gasteiger partial charge in [-0.15, -0.1) is 11.8 Å². The molecule has 1 aromatic carbocycles. The van der Waals surface area contributed by atoms with Gasteiger partial charge in [0.25, 0.3) is 0 Å². The molecule has 0 saturated heterocycles. The molecule has 3 rings (SSSR count). The molecule has 2 N–H and O–H groups in total. The zero-order valence-corrected chi connectivity index (χ0v) is 12.3. The topological polar surface area (TPSA) is 54.3 Å². The zero-order chi connectivity index (χ0) is 13.2. The summed E-state index contributed by atoms with van der Waals surface area (Å²) in [5, 5.41) is 6.14. The van der Waals surface area contributed by atoms with Crippen molar-refractivity contribution in [2.75, 3.05) is 16.4 Å². The fourth-order valence-electron chi connectivity index (χ4n) is 1.83. The van der Waals surface area contributed by atoms with Gasteiger partial charge in [-0.1, -0.05) is 0 Å². The van der Waals surface area contributed by atoms with Gasteiger partial charge in [-0.3, -0.25) is 4.79 Å². The summed E-state index contributed by atoms with van der Waals surface area (Å²) in [6, 6.07) is 9.73. The van der Waals surface area contributed by atoms with Crippen LogP contribution in [0.15, 0.2) is 44.3 Å². The molecule has 0 spiro atoms. The second kappa shape index (κ2) is 5.30. The third-order valence-corrected chi connectivity index (χ3v) is 4.21. The molecule has 6 heteroatoms. The monoisotopic (exact) mass is 338 g/mol. The summed E-state index contributed by atoms with van der Waals surface area (Å²) < 4.78 is 6.14. The Morgan fingerprint density at radius 3 is 3.05 bits per heavy atom. The first-order chi connectivity index (χ1) is 9.20. The molecule has 0 atom stereocenters. The van der Waals surface area contributed by atoms with E-state index in [1.54, 1.807) is 11.8 Å². The summed E-state index contributed by atoms with van der Waals surface area (Å²) in [6.45, 7) is 0.603. The van der Waals surface area contributed by atoms with Gasteiger partial charge < -0.3 is 15.1 Å². The van der Waals surface area contributed by atoms with E-state index < -0.39 is 0 Å². The predicted molar refractivity (Wildman–Crippen MR) is 79.5 cm³/mol. The number of anilines is 2. The van der Waals surface area contributed by atoms with E-state index in [2.05, 4.69) is 26.6 Å². The lowest BCUT2D eigenvalue weighted by molar-refractivity contribution is -0.113. The van der Waals surface area contributed by atoms with E-state index in [4.69, 9.17) is 4.42 Å². The minimum atomic E-state index is 0.0459. The molecule has 0 radical (unpaired) electrons. The number of thioether (sulfide) groups is 1. The molecule has 0 aliphatic carbocycles. The normalized spacial score (nSPS) is 13.8. The van der Waals surface area contributed by atoms with Crippen LogP contribution in [0.1, 0.15) is 5.76 Å². The number of amides is 1. The molecule has 1 amide bonds. The van der Waals surface area contributed by atoms with Crippen LogP contribution in [0.4, 0.5) is 11.4 Å². The summed E-state index contributed by atoms with van der Waals surface area (Å²) in [6.07, 6.45) is 0. The van der Waals surface area contributed by atoms with Gasteiger partial charge in [0.15, 0.2) is 4.67 Å². The standard InChI is InChI=1S/C13H11BrN2O2S/c14-12-4-2-9(18-12)6-15-8-1-3-11-10(5-8)16-13(17)7-19-11/h1-5,15H,6-7H2,(H,16,17). The van der Waals surface area contributed by atoms with Crippen LogP contribution in [-0.2, 0) is 11.3 Å². The van der Waals surface area contributed by atoms with Gasteiger partial charge in [0.1, 0.15) is 5.76 Å². The average molecular weight is 339 g/mol. The molecule has 19 heavy (non-hydrogen) atoms. The minimum absolute atomic E-state index is 0.0459. The van der Waals surface area contributed by atoms with Gasteiger partial charge in [0.05, 0.1) is 18.0 Å². The molecule has 98 valence electrons. The summed E-state index contributed by atoms with van der Waals surface area (Å²) >= 11 is 4.83. The Morgan fingerprint density at radius 1 is 1.37 bits per heavy atom. The first-order valence-electron chi connectivity index (χ1n) is 5.75. The Balaban J connectivity index is 1.71. The Bertz CT molecular complexity index is 627. The number of furan rings is 1. The number of rotatable bonds is 3. The van der Waals surface area contributed by atoms with Gasteiger partial charge >= 0.3 is 0 Å². The van der Waals surface area contributed by atoms with Crippen molar-refractivity contribution >= 4 is 45.0 Å². The van der Waals surface area contributed by atoms with E-state index in [-0.39, 0.29) is 5.91 Å². The minimum Gasteiger partial charge on any atom is -0.452 e. The highest BCUT2D eigenvalue weighted by molar-refractivity contribution is 9.10. The van der Waals surface area contributed by atoms with Crippen molar-refractivity contribution in [2.45, 2.75) is 11.4 Å². The second-order valence-electron chi connectivity index (χ2n) is 4.11. The molecule has 1 aromatic heterocycles. The van der Waals surface area contributed by atoms with Gasteiger partial charge in [-0.05, 0) is 46.3 Å². The molecule has 2 aromatic rings. The van der Waals surface area contributed by atoms with Gasteiger partial charge in [-0.25, -0.2) is 0 Å². The van der Waals surface area contributed by atoms with Crippen molar-refractivity contribution in [3.05, 3.63) is 40.8 Å². The highest BCUT2D eigenvalue weighted by atomic mass is 79.9. The first-order valence-corrected chi connectivity index (χ1v) is 7.53. The number of carbonyl (C=O) groups is 1. The number of benzene rings is 1. The predicted octanol–water partition coefficient (Wildman–Crippen LogP) is 3.70. The summed E-state index contributed by atoms with van der Waals surface area (Å²) in [5.41, 5.74) is 1.82. The highest BCUT2D eigenvalue weighted by Gasteiger charge is 2.15. The van der Waals surface area contributed by atoms with Crippen molar-refractivity contribution in [3.8, 4) is 0 Å². The van der Waals surface area contributed by atoms with Crippen LogP contribution in [0.25, 0.3) is 0 Å². The molecular weight excluding hydrogens is 328 g/mol. The lowest BCUT2D eigenvalue weighted by Gasteiger charge is -2.17. The van der Waals surface area contributed by atoms with Crippen LogP contribution in [-0.4, -0.2) is 11.7 Å². The lowest BCUT2D eigenvalue weighted by atomic mass is 10.2. The van der Waals surface area contributed by atoms with E-state index in [9.17, 15) is 4.79 Å². The summed E-state index contributed by atoms with van der Waals surface area (Å²) in [4.78, 5) is 12.4. The maximum Gasteiger partial charge on any atom is 0.234 e. The fraction of sp³-hybridized carbons (Fsp3) is 0.154. The number of carbonyl (C=O) groups excluding carboxylic acids is 1. The maximum atomic E-state index is 11.3. The Hall–Kier alpha value is -1.40. The molecule has 0 bridgehead atoms. The summed E-state index contributed by atoms with van der Waals surface area (Å²) in [7, 11) is 0. The van der Waals surface area contributed by atoms with Gasteiger partial charge in [0.2, 0.25) is 5.91 Å². The van der Waals surface area contributed by atoms with Crippen LogP contribution in [0.2, 0.25) is 0 Å². The number of halogens is 1.